The number of hydrogen-bond acceptors (Lipinski definition) is 7. The number of nitrogens with one attached hydrogen (secondary N) is 3. The van der Waals surface area contributed by atoms with Crippen LogP contribution in [0, 0.1) is 0 Å². The summed E-state index contributed by atoms with van der Waals surface area (Å²) in [6.07, 6.45) is 2.49. The van der Waals surface area contributed by atoms with Gasteiger partial charge in [-0.15, -0.1) is 23.1 Å². The molecule has 0 bridgehead atoms. The van der Waals surface area contributed by atoms with Crippen LogP contribution in [0.2, 0.25) is 0 Å². The van der Waals surface area contributed by atoms with Crippen molar-refractivity contribution in [2.45, 2.75) is 42.2 Å². The SMILES string of the molecule is CCOC(=O)c1c(NC(=O)C(Sc2cccc(NC(=S)Nc3ccccc3OC)c2)c2ccccc2)sc2c1CCC(c1ccccc1)C2. The molecule has 7 nitrogen and oxygen atoms in total. The first-order chi connectivity index (χ1) is 23.9. The minimum Gasteiger partial charge on any atom is -0.495 e. The Morgan fingerprint density at radius 1 is 0.918 bits per heavy atom. The number of para-hydroxylation sites is 2. The molecule has 5 aromatic rings. The topological polar surface area (TPSA) is 88.7 Å². The van der Waals surface area contributed by atoms with Crippen LogP contribution in [0.25, 0.3) is 0 Å². The summed E-state index contributed by atoms with van der Waals surface area (Å²) in [6, 6.07) is 35.5. The Balaban J connectivity index is 1.23. The van der Waals surface area contributed by atoms with Gasteiger partial charge in [-0.05, 0) is 91.3 Å². The lowest BCUT2D eigenvalue weighted by molar-refractivity contribution is -0.115. The number of carbonyl (C=O) groups is 2. The van der Waals surface area contributed by atoms with E-state index in [0.29, 0.717) is 27.3 Å². The standard InChI is InChI=1S/C39H37N3O4S3/c1-3-46-38(44)34-30-22-21-27(25-13-6-4-7-14-25)23-33(30)49-37(34)42-36(43)35(26-15-8-5-9-16-26)48-29-18-12-17-28(24-29)40-39(47)41-31-19-10-11-20-32(31)45-2/h4-20,24,27,35H,3,21-23H2,1-2H3,(H,42,43)(H2,40,41,47). The number of anilines is 3. The molecule has 250 valence electrons. The minimum absolute atomic E-state index is 0.216. The largest absolute Gasteiger partial charge is 0.495 e. The molecule has 0 aliphatic heterocycles. The second kappa shape index (κ2) is 16.2. The van der Waals surface area contributed by atoms with E-state index in [4.69, 9.17) is 21.7 Å². The number of fused-ring (bicyclic) bond motifs is 1. The second-order valence-electron chi connectivity index (χ2n) is 11.5. The Kier molecular flexibility index (Phi) is 11.3. The lowest BCUT2D eigenvalue weighted by Gasteiger charge is -2.23. The van der Waals surface area contributed by atoms with Gasteiger partial charge in [-0.1, -0.05) is 78.9 Å². The Morgan fingerprint density at radius 2 is 1.65 bits per heavy atom. The maximum Gasteiger partial charge on any atom is 0.341 e. The van der Waals surface area contributed by atoms with E-state index >= 15 is 0 Å². The number of methoxy groups -OCH3 is 1. The molecule has 6 rings (SSSR count). The van der Waals surface area contributed by atoms with E-state index < -0.39 is 11.2 Å². The van der Waals surface area contributed by atoms with Gasteiger partial charge in [0.1, 0.15) is 16.0 Å². The van der Waals surface area contributed by atoms with Crippen molar-refractivity contribution in [3.63, 3.8) is 0 Å². The first kappa shape index (κ1) is 34.2. The average molecular weight is 708 g/mol. The number of carbonyl (C=O) groups excluding carboxylic acids is 2. The highest BCUT2D eigenvalue weighted by molar-refractivity contribution is 8.00. The van der Waals surface area contributed by atoms with E-state index in [1.807, 2.05) is 84.9 Å². The smallest absolute Gasteiger partial charge is 0.341 e. The van der Waals surface area contributed by atoms with Gasteiger partial charge in [0.05, 0.1) is 25.0 Å². The third-order valence-electron chi connectivity index (χ3n) is 8.29. The van der Waals surface area contributed by atoms with Crippen molar-refractivity contribution in [1.29, 1.82) is 0 Å². The van der Waals surface area contributed by atoms with Crippen molar-refractivity contribution in [2.24, 2.45) is 0 Å². The molecule has 0 fully saturated rings. The molecule has 10 heteroatoms. The van der Waals surface area contributed by atoms with Gasteiger partial charge in [0.2, 0.25) is 5.91 Å². The lowest BCUT2D eigenvalue weighted by atomic mass is 9.83. The number of ether oxygens (including phenoxy) is 2. The van der Waals surface area contributed by atoms with Gasteiger partial charge in [0, 0.05) is 15.5 Å². The number of thioether (sulfide) groups is 1. The number of amides is 1. The van der Waals surface area contributed by atoms with Crippen LogP contribution in [0.5, 0.6) is 5.75 Å². The number of esters is 1. The highest BCUT2D eigenvalue weighted by Gasteiger charge is 2.32. The molecule has 1 aliphatic carbocycles. The molecule has 49 heavy (non-hydrogen) atoms. The molecule has 0 spiro atoms. The van der Waals surface area contributed by atoms with Gasteiger partial charge >= 0.3 is 5.97 Å². The van der Waals surface area contributed by atoms with E-state index in [9.17, 15) is 9.59 Å². The van der Waals surface area contributed by atoms with Crippen molar-refractivity contribution >= 4 is 68.7 Å². The molecule has 2 unspecified atom stereocenters. The Labute approximate surface area is 300 Å². The maximum atomic E-state index is 14.2. The zero-order chi connectivity index (χ0) is 34.2. The molecular weight excluding hydrogens is 671 g/mol. The third kappa shape index (κ3) is 8.33. The van der Waals surface area contributed by atoms with E-state index in [1.165, 1.54) is 28.7 Å². The molecule has 1 amide bonds. The summed E-state index contributed by atoms with van der Waals surface area (Å²) in [7, 11) is 1.61. The predicted molar refractivity (Wildman–Crippen MR) is 204 cm³/mol. The molecule has 2 atom stereocenters. The van der Waals surface area contributed by atoms with E-state index in [0.717, 1.165) is 51.5 Å². The van der Waals surface area contributed by atoms with Gasteiger partial charge < -0.3 is 25.4 Å². The molecule has 1 aliphatic rings. The van der Waals surface area contributed by atoms with Crippen LogP contribution in [0.4, 0.5) is 16.4 Å². The maximum absolute atomic E-state index is 14.2. The third-order valence-corrected chi connectivity index (χ3v) is 10.9. The Morgan fingerprint density at radius 3 is 2.41 bits per heavy atom. The molecule has 0 radical (unpaired) electrons. The molecule has 0 saturated heterocycles. The zero-order valence-corrected chi connectivity index (χ0v) is 29.7. The van der Waals surface area contributed by atoms with Crippen molar-refractivity contribution in [3.05, 3.63) is 136 Å². The summed E-state index contributed by atoms with van der Waals surface area (Å²) in [4.78, 5) is 29.6. The summed E-state index contributed by atoms with van der Waals surface area (Å²) >= 11 is 8.51. The minimum atomic E-state index is -0.596. The van der Waals surface area contributed by atoms with Crippen molar-refractivity contribution < 1.29 is 19.1 Å². The zero-order valence-electron chi connectivity index (χ0n) is 27.2. The fraction of sp³-hybridized carbons (Fsp3) is 0.205. The molecular formula is C39H37N3O4S3. The normalized spacial score (nSPS) is 14.2. The number of thiocarbonyl (C=S) groups is 1. The quantitative estimate of drug-likeness (QED) is 0.0711. The summed E-state index contributed by atoms with van der Waals surface area (Å²) in [5, 5.41) is 9.95. The predicted octanol–water partition coefficient (Wildman–Crippen LogP) is 9.49. The van der Waals surface area contributed by atoms with Crippen LogP contribution in [0.1, 0.15) is 56.4 Å². The lowest BCUT2D eigenvalue weighted by Crippen LogP contribution is -2.21. The van der Waals surface area contributed by atoms with Crippen LogP contribution in [-0.4, -0.2) is 30.7 Å². The summed E-state index contributed by atoms with van der Waals surface area (Å²) in [5.74, 6) is 0.430. The van der Waals surface area contributed by atoms with E-state index in [2.05, 4.69) is 40.2 Å². The van der Waals surface area contributed by atoms with Crippen LogP contribution in [0.3, 0.4) is 0 Å². The van der Waals surface area contributed by atoms with Gasteiger partial charge in [-0.25, -0.2) is 4.79 Å². The summed E-state index contributed by atoms with van der Waals surface area (Å²) in [6.45, 7) is 2.06. The number of benzene rings is 4. The van der Waals surface area contributed by atoms with Crippen molar-refractivity contribution in [1.82, 2.24) is 0 Å². The molecule has 0 saturated carbocycles. The molecule has 3 N–H and O–H groups in total. The van der Waals surface area contributed by atoms with Crippen LogP contribution in [0.15, 0.2) is 114 Å². The van der Waals surface area contributed by atoms with E-state index in [-0.39, 0.29) is 12.5 Å². The van der Waals surface area contributed by atoms with Gasteiger partial charge in [0.15, 0.2) is 5.11 Å². The van der Waals surface area contributed by atoms with Gasteiger partial charge in [0.25, 0.3) is 0 Å². The van der Waals surface area contributed by atoms with Gasteiger partial charge in [-0.2, -0.15) is 0 Å². The van der Waals surface area contributed by atoms with E-state index in [1.54, 1.807) is 14.0 Å². The van der Waals surface area contributed by atoms with Crippen LogP contribution in [-0.2, 0) is 22.4 Å². The number of thiophene rings is 1. The first-order valence-corrected chi connectivity index (χ1v) is 18.2. The Hall–Kier alpha value is -4.64. The fourth-order valence-electron chi connectivity index (χ4n) is 6.00. The van der Waals surface area contributed by atoms with Gasteiger partial charge in [-0.3, -0.25) is 4.79 Å². The van der Waals surface area contributed by atoms with Crippen LogP contribution < -0.4 is 20.7 Å². The van der Waals surface area contributed by atoms with Crippen LogP contribution >= 0.6 is 35.3 Å². The second-order valence-corrected chi connectivity index (χ2v) is 14.2. The number of hydrogen-bond donors (Lipinski definition) is 3. The van der Waals surface area contributed by atoms with Crippen molar-refractivity contribution in [3.8, 4) is 5.75 Å². The highest BCUT2D eigenvalue weighted by atomic mass is 32.2. The summed E-state index contributed by atoms with van der Waals surface area (Å²) in [5.41, 5.74) is 5.14. The fourth-order valence-corrected chi connectivity index (χ4v) is 8.63. The molecule has 1 aromatic heterocycles. The Bertz CT molecular complexity index is 1930. The monoisotopic (exact) mass is 707 g/mol. The first-order valence-electron chi connectivity index (χ1n) is 16.1. The molecule has 1 heterocycles. The average Bonchev–Trinajstić information content (AvgIpc) is 3.48. The highest BCUT2D eigenvalue weighted by Crippen LogP contribution is 2.44. The number of rotatable bonds is 11. The summed E-state index contributed by atoms with van der Waals surface area (Å²) < 4.78 is 10.9. The van der Waals surface area contributed by atoms with Crippen molar-refractivity contribution in [2.75, 3.05) is 29.7 Å². The molecule has 4 aromatic carbocycles.